The molecule has 10 heteroatoms. The van der Waals surface area contributed by atoms with Gasteiger partial charge in [-0.3, -0.25) is 4.18 Å². The molecule has 0 bridgehead atoms. The Labute approximate surface area is 252 Å². The van der Waals surface area contributed by atoms with Crippen LogP contribution in [-0.2, 0) is 30.3 Å². The highest BCUT2D eigenvalue weighted by Crippen LogP contribution is 2.32. The number of hydrogen-bond acceptors (Lipinski definition) is 8. The Morgan fingerprint density at radius 1 is 1.09 bits per heavy atom. The van der Waals surface area contributed by atoms with E-state index >= 15 is 0 Å². The zero-order valence-corrected chi connectivity index (χ0v) is 25.1. The van der Waals surface area contributed by atoms with Crippen molar-refractivity contribution in [3.05, 3.63) is 89.6 Å². The number of hydrogen-bond donors (Lipinski definition) is 0. The minimum atomic E-state index is -3.76. The first-order valence-electron chi connectivity index (χ1n) is 14.7. The Hall–Kier alpha value is -3.75. The van der Waals surface area contributed by atoms with E-state index in [9.17, 15) is 8.42 Å². The fraction of sp³-hybridized carbons (Fsp3) is 0.394. The van der Waals surface area contributed by atoms with E-state index in [1.54, 1.807) is 30.5 Å². The minimum absolute atomic E-state index is 0.103. The lowest BCUT2D eigenvalue weighted by molar-refractivity contribution is -0.188. The molecular formula is C33H35N3O6S. The number of aryl methyl sites for hydroxylation is 1. The average Bonchev–Trinajstić information content (AvgIpc) is 3.65. The molecule has 2 aromatic heterocycles. The van der Waals surface area contributed by atoms with Crippen LogP contribution in [0.1, 0.15) is 67.8 Å². The van der Waals surface area contributed by atoms with Crippen LogP contribution in [0.15, 0.2) is 76.4 Å². The van der Waals surface area contributed by atoms with Crippen molar-refractivity contribution < 1.29 is 26.6 Å². The van der Waals surface area contributed by atoms with Crippen LogP contribution in [0.3, 0.4) is 0 Å². The predicted octanol–water partition coefficient (Wildman–Crippen LogP) is 6.03. The summed E-state index contributed by atoms with van der Waals surface area (Å²) in [6.45, 7) is 5.15. The third-order valence-electron chi connectivity index (χ3n) is 7.75. The van der Waals surface area contributed by atoms with Gasteiger partial charge in [-0.2, -0.15) is 8.42 Å². The van der Waals surface area contributed by atoms with Gasteiger partial charge in [0.2, 0.25) is 0 Å². The van der Waals surface area contributed by atoms with E-state index in [1.165, 1.54) is 0 Å². The van der Waals surface area contributed by atoms with Crippen molar-refractivity contribution in [2.24, 2.45) is 5.92 Å². The number of ether oxygens (including phenoxy) is 2. The van der Waals surface area contributed by atoms with Crippen molar-refractivity contribution >= 4 is 10.1 Å². The van der Waals surface area contributed by atoms with Crippen LogP contribution in [0, 0.1) is 24.7 Å². The Bertz CT molecular complexity index is 1690. The van der Waals surface area contributed by atoms with Crippen molar-refractivity contribution in [1.82, 2.24) is 14.7 Å². The molecule has 2 aliphatic rings. The number of imidazole rings is 1. The molecule has 0 spiro atoms. The van der Waals surface area contributed by atoms with Crippen LogP contribution >= 0.6 is 0 Å². The van der Waals surface area contributed by atoms with Gasteiger partial charge < -0.3 is 18.6 Å². The number of aromatic nitrogens is 3. The first kappa shape index (κ1) is 29.3. The molecule has 2 atom stereocenters. The van der Waals surface area contributed by atoms with Gasteiger partial charge in [-0.05, 0) is 82.3 Å². The molecule has 43 heavy (non-hydrogen) atoms. The summed E-state index contributed by atoms with van der Waals surface area (Å²) in [6, 6.07) is 16.4. The van der Waals surface area contributed by atoms with Crippen LogP contribution in [0.5, 0.6) is 0 Å². The minimum Gasteiger partial charge on any atom is -0.356 e. The molecule has 4 aromatic rings. The van der Waals surface area contributed by atoms with Gasteiger partial charge in [0, 0.05) is 42.1 Å². The molecule has 1 saturated carbocycles. The maximum atomic E-state index is 12.5. The van der Waals surface area contributed by atoms with E-state index in [0.717, 1.165) is 54.1 Å². The molecule has 9 nitrogen and oxygen atoms in total. The molecule has 6 rings (SSSR count). The molecule has 1 saturated heterocycles. The molecule has 224 valence electrons. The summed E-state index contributed by atoms with van der Waals surface area (Å²) in [5.41, 5.74) is 3.56. The maximum absolute atomic E-state index is 12.5. The smallest absolute Gasteiger partial charge is 0.297 e. The molecular weight excluding hydrogens is 566 g/mol. The highest BCUT2D eigenvalue weighted by molar-refractivity contribution is 7.86. The van der Waals surface area contributed by atoms with E-state index < -0.39 is 10.1 Å². The Morgan fingerprint density at radius 3 is 2.63 bits per heavy atom. The van der Waals surface area contributed by atoms with Gasteiger partial charge in [0.1, 0.15) is 17.6 Å². The molecule has 1 aliphatic heterocycles. The highest BCUT2D eigenvalue weighted by atomic mass is 32.2. The summed E-state index contributed by atoms with van der Waals surface area (Å²) >= 11 is 0. The van der Waals surface area contributed by atoms with E-state index in [4.69, 9.17) is 18.2 Å². The van der Waals surface area contributed by atoms with Gasteiger partial charge in [-0.1, -0.05) is 34.7 Å². The second-order valence-electron chi connectivity index (χ2n) is 11.2. The van der Waals surface area contributed by atoms with Crippen LogP contribution in [0.4, 0.5) is 0 Å². The summed E-state index contributed by atoms with van der Waals surface area (Å²) in [5, 5.41) is 4.27. The SMILES string of the molecule is Cc1ccc(S(=O)(=O)O[C@H]2C[C@@H](C#Cc3ccc(-c4cc(Cn5ccnc5C(C)OC5CCCCO5)no4)cc3)C2)cc1. The maximum Gasteiger partial charge on any atom is 0.297 e. The van der Waals surface area contributed by atoms with Gasteiger partial charge in [0.25, 0.3) is 10.1 Å². The lowest BCUT2D eigenvalue weighted by Gasteiger charge is -2.30. The van der Waals surface area contributed by atoms with E-state index in [-0.39, 0.29) is 29.3 Å². The number of rotatable bonds is 9. The topological polar surface area (TPSA) is 106 Å². The zero-order valence-electron chi connectivity index (χ0n) is 24.3. The van der Waals surface area contributed by atoms with Crippen LogP contribution in [-0.4, -0.2) is 42.1 Å². The Balaban J connectivity index is 1.01. The van der Waals surface area contributed by atoms with Gasteiger partial charge in [-0.25, -0.2) is 4.98 Å². The normalized spacial score (nSPS) is 21.0. The molecule has 0 radical (unpaired) electrons. The van der Waals surface area contributed by atoms with Crippen molar-refractivity contribution in [3.63, 3.8) is 0 Å². The molecule has 2 fully saturated rings. The fourth-order valence-electron chi connectivity index (χ4n) is 5.22. The third kappa shape index (κ3) is 7.25. The largest absolute Gasteiger partial charge is 0.356 e. The van der Waals surface area contributed by atoms with Gasteiger partial charge in [-0.15, -0.1) is 0 Å². The van der Waals surface area contributed by atoms with Gasteiger partial charge in [0.15, 0.2) is 12.1 Å². The Kier molecular flexibility index (Phi) is 8.77. The standard InChI is InChI=1S/C33H35N3O6S/c1-23-6-14-30(15-7-23)43(37,38)42-29-19-26(20-29)9-8-25-10-12-27(13-11-25)31-21-28(35-41-31)22-36-17-16-34-33(36)24(2)40-32-5-3-4-18-39-32/h6-7,10-17,21,24,26,29,32H,3-5,18-20,22H2,1-2H3/t24?,26-,29+,32?. The molecule has 2 aromatic carbocycles. The molecule has 0 amide bonds. The summed E-state index contributed by atoms with van der Waals surface area (Å²) in [6.07, 6.45) is 7.23. The first-order chi connectivity index (χ1) is 20.8. The van der Waals surface area contributed by atoms with E-state index in [0.29, 0.717) is 25.1 Å². The second-order valence-corrected chi connectivity index (χ2v) is 12.7. The van der Waals surface area contributed by atoms with Crippen LogP contribution in [0.25, 0.3) is 11.3 Å². The van der Waals surface area contributed by atoms with Crippen molar-refractivity contribution in [1.29, 1.82) is 0 Å². The molecule has 3 heterocycles. The summed E-state index contributed by atoms with van der Waals surface area (Å²) in [4.78, 5) is 4.69. The van der Waals surface area contributed by atoms with Crippen molar-refractivity contribution in [2.75, 3.05) is 6.61 Å². The second kappa shape index (κ2) is 12.9. The lowest BCUT2D eigenvalue weighted by atomic mass is 9.83. The quantitative estimate of drug-likeness (QED) is 0.169. The first-order valence-corrected chi connectivity index (χ1v) is 16.1. The predicted molar refractivity (Wildman–Crippen MR) is 159 cm³/mol. The zero-order chi connectivity index (χ0) is 29.8. The highest BCUT2D eigenvalue weighted by Gasteiger charge is 2.33. The summed E-state index contributed by atoms with van der Waals surface area (Å²) in [5.74, 6) is 8.03. The monoisotopic (exact) mass is 601 g/mol. The summed E-state index contributed by atoms with van der Waals surface area (Å²) < 4.78 is 49.9. The van der Waals surface area contributed by atoms with Crippen LogP contribution < -0.4 is 0 Å². The molecule has 2 unspecified atom stereocenters. The fourth-order valence-corrected chi connectivity index (χ4v) is 6.32. The van der Waals surface area contributed by atoms with E-state index in [1.807, 2.05) is 54.9 Å². The van der Waals surface area contributed by atoms with E-state index in [2.05, 4.69) is 22.0 Å². The van der Waals surface area contributed by atoms with Gasteiger partial charge in [0.05, 0.1) is 17.5 Å². The molecule has 1 aliphatic carbocycles. The molecule has 0 N–H and O–H groups in total. The Morgan fingerprint density at radius 2 is 1.88 bits per heavy atom. The van der Waals surface area contributed by atoms with Gasteiger partial charge >= 0.3 is 0 Å². The lowest BCUT2D eigenvalue weighted by Crippen LogP contribution is -2.32. The van der Waals surface area contributed by atoms with Crippen molar-refractivity contribution in [2.45, 2.75) is 75.9 Å². The summed E-state index contributed by atoms with van der Waals surface area (Å²) in [7, 11) is -3.76. The number of benzene rings is 2. The van der Waals surface area contributed by atoms with Crippen molar-refractivity contribution in [3.8, 4) is 23.2 Å². The van der Waals surface area contributed by atoms with Crippen LogP contribution in [0.2, 0.25) is 0 Å². The number of nitrogens with zero attached hydrogens (tertiary/aromatic N) is 3. The third-order valence-corrected chi connectivity index (χ3v) is 9.13. The average molecular weight is 602 g/mol.